The molecule has 0 aliphatic carbocycles. The number of nitrogens with zero attached hydrogens (tertiary/aromatic N) is 1. The van der Waals surface area contributed by atoms with Gasteiger partial charge in [0.2, 0.25) is 0 Å². The Morgan fingerprint density at radius 2 is 2.20 bits per heavy atom. The predicted molar refractivity (Wildman–Crippen MR) is 81.3 cm³/mol. The molecule has 1 atom stereocenters. The predicted octanol–water partition coefficient (Wildman–Crippen LogP) is 2.28. The average Bonchev–Trinajstić information content (AvgIpc) is 2.45. The number of anilines is 1. The van der Waals surface area contributed by atoms with Crippen LogP contribution in [0.3, 0.4) is 0 Å². The molecule has 1 aliphatic rings. The average molecular weight is 276 g/mol. The summed E-state index contributed by atoms with van der Waals surface area (Å²) in [4.78, 5) is 13.8. The zero-order valence-corrected chi connectivity index (χ0v) is 12.4. The van der Waals surface area contributed by atoms with Crippen molar-refractivity contribution >= 4 is 11.7 Å². The van der Waals surface area contributed by atoms with Crippen LogP contribution in [0.25, 0.3) is 0 Å². The Balaban J connectivity index is 2.06. The summed E-state index contributed by atoms with van der Waals surface area (Å²) in [6, 6.07) is 8.43. The highest BCUT2D eigenvalue weighted by Crippen LogP contribution is 2.27. The van der Waals surface area contributed by atoms with Gasteiger partial charge in [0.05, 0.1) is 0 Å². The molecule has 20 heavy (non-hydrogen) atoms. The van der Waals surface area contributed by atoms with Gasteiger partial charge in [-0.05, 0) is 44.4 Å². The molecule has 0 saturated heterocycles. The summed E-state index contributed by atoms with van der Waals surface area (Å²) in [6.45, 7) is 6.16. The second-order valence-electron chi connectivity index (χ2n) is 5.64. The first-order chi connectivity index (χ1) is 9.57. The molecule has 0 amide bonds. The zero-order chi connectivity index (χ0) is 14.6. The third-order valence-electron chi connectivity index (χ3n) is 4.13. The van der Waals surface area contributed by atoms with Crippen molar-refractivity contribution in [3.8, 4) is 0 Å². The summed E-state index contributed by atoms with van der Waals surface area (Å²) in [5.74, 6) is -0.773. The molecule has 110 valence electrons. The van der Waals surface area contributed by atoms with Gasteiger partial charge in [0.1, 0.15) is 5.54 Å². The maximum Gasteiger partial charge on any atom is 0.323 e. The number of carboxylic acids is 1. The number of rotatable bonds is 6. The van der Waals surface area contributed by atoms with Crippen molar-refractivity contribution in [3.05, 3.63) is 29.8 Å². The maximum atomic E-state index is 11.4. The molecule has 0 bridgehead atoms. The SMILES string of the molecule is CCNC(C)(CCN1CCCc2ccccc21)C(=O)O. The Hall–Kier alpha value is -1.55. The highest BCUT2D eigenvalue weighted by molar-refractivity contribution is 5.78. The van der Waals surface area contributed by atoms with Crippen molar-refractivity contribution in [2.45, 2.75) is 38.6 Å². The molecule has 1 aliphatic heterocycles. The van der Waals surface area contributed by atoms with Crippen LogP contribution in [0.15, 0.2) is 24.3 Å². The van der Waals surface area contributed by atoms with Crippen LogP contribution in [-0.2, 0) is 11.2 Å². The van der Waals surface area contributed by atoms with Gasteiger partial charge in [0, 0.05) is 18.8 Å². The highest BCUT2D eigenvalue weighted by atomic mass is 16.4. The first-order valence-corrected chi connectivity index (χ1v) is 7.38. The van der Waals surface area contributed by atoms with E-state index in [1.54, 1.807) is 6.92 Å². The van der Waals surface area contributed by atoms with Crippen LogP contribution in [0.4, 0.5) is 5.69 Å². The van der Waals surface area contributed by atoms with Crippen molar-refractivity contribution in [1.29, 1.82) is 0 Å². The van der Waals surface area contributed by atoms with Gasteiger partial charge >= 0.3 is 5.97 Å². The van der Waals surface area contributed by atoms with E-state index in [0.717, 1.165) is 25.9 Å². The van der Waals surface area contributed by atoms with Gasteiger partial charge in [0.25, 0.3) is 0 Å². The van der Waals surface area contributed by atoms with E-state index >= 15 is 0 Å². The molecule has 1 aromatic carbocycles. The van der Waals surface area contributed by atoms with Gasteiger partial charge in [-0.2, -0.15) is 0 Å². The summed E-state index contributed by atoms with van der Waals surface area (Å²) in [5.41, 5.74) is 1.79. The number of hydrogen-bond acceptors (Lipinski definition) is 3. The van der Waals surface area contributed by atoms with E-state index in [9.17, 15) is 9.90 Å². The quantitative estimate of drug-likeness (QED) is 0.837. The fourth-order valence-electron chi connectivity index (χ4n) is 2.86. The van der Waals surface area contributed by atoms with Crippen LogP contribution in [0.5, 0.6) is 0 Å². The lowest BCUT2D eigenvalue weighted by atomic mass is 9.95. The van der Waals surface area contributed by atoms with Crippen LogP contribution in [0, 0.1) is 0 Å². The number of fused-ring (bicyclic) bond motifs is 1. The van der Waals surface area contributed by atoms with E-state index in [1.165, 1.54) is 11.3 Å². The van der Waals surface area contributed by atoms with Crippen LogP contribution in [0.1, 0.15) is 32.3 Å². The lowest BCUT2D eigenvalue weighted by Crippen LogP contribution is -2.51. The molecular weight excluding hydrogens is 252 g/mol. The Bertz CT molecular complexity index is 475. The first kappa shape index (κ1) is 14.9. The number of likely N-dealkylation sites (N-methyl/N-ethyl adjacent to an activating group) is 1. The number of nitrogens with one attached hydrogen (secondary N) is 1. The lowest BCUT2D eigenvalue weighted by Gasteiger charge is -2.34. The minimum atomic E-state index is -0.846. The monoisotopic (exact) mass is 276 g/mol. The second kappa shape index (κ2) is 6.27. The highest BCUT2D eigenvalue weighted by Gasteiger charge is 2.32. The van der Waals surface area contributed by atoms with E-state index in [4.69, 9.17) is 0 Å². The van der Waals surface area contributed by atoms with E-state index < -0.39 is 11.5 Å². The van der Waals surface area contributed by atoms with Gasteiger partial charge in [-0.1, -0.05) is 25.1 Å². The molecule has 0 fully saturated rings. The minimum absolute atomic E-state index is 0.602. The topological polar surface area (TPSA) is 52.6 Å². The molecule has 0 radical (unpaired) electrons. The second-order valence-corrected chi connectivity index (χ2v) is 5.64. The number of hydrogen-bond donors (Lipinski definition) is 2. The molecule has 1 heterocycles. The van der Waals surface area contributed by atoms with Crippen molar-refractivity contribution in [1.82, 2.24) is 5.32 Å². The van der Waals surface area contributed by atoms with Crippen LogP contribution in [-0.4, -0.2) is 36.2 Å². The lowest BCUT2D eigenvalue weighted by molar-refractivity contribution is -0.144. The molecule has 2 rings (SSSR count). The molecule has 2 N–H and O–H groups in total. The van der Waals surface area contributed by atoms with Crippen molar-refractivity contribution in [2.75, 3.05) is 24.5 Å². The van der Waals surface area contributed by atoms with Crippen molar-refractivity contribution in [2.24, 2.45) is 0 Å². The third kappa shape index (κ3) is 3.12. The number of aryl methyl sites for hydroxylation is 1. The summed E-state index contributed by atoms with van der Waals surface area (Å²) in [5, 5.41) is 12.5. The summed E-state index contributed by atoms with van der Waals surface area (Å²) in [6.07, 6.45) is 2.86. The fourth-order valence-corrected chi connectivity index (χ4v) is 2.86. The number of carboxylic acid groups (broad SMARTS) is 1. The summed E-state index contributed by atoms with van der Waals surface area (Å²) in [7, 11) is 0. The van der Waals surface area contributed by atoms with Crippen molar-refractivity contribution < 1.29 is 9.90 Å². The zero-order valence-electron chi connectivity index (χ0n) is 12.4. The molecule has 0 saturated carbocycles. The molecule has 0 aromatic heterocycles. The van der Waals surface area contributed by atoms with Gasteiger partial charge in [-0.15, -0.1) is 0 Å². The molecular formula is C16H24N2O2. The largest absolute Gasteiger partial charge is 0.480 e. The molecule has 1 unspecified atom stereocenters. The number of benzene rings is 1. The fraction of sp³-hybridized carbons (Fsp3) is 0.562. The van der Waals surface area contributed by atoms with E-state index in [2.05, 4.69) is 34.5 Å². The minimum Gasteiger partial charge on any atom is -0.480 e. The van der Waals surface area contributed by atoms with Crippen LogP contribution in [0.2, 0.25) is 0 Å². The first-order valence-electron chi connectivity index (χ1n) is 7.38. The number of para-hydroxylation sites is 1. The molecule has 4 nitrogen and oxygen atoms in total. The van der Waals surface area contributed by atoms with Gasteiger partial charge in [0.15, 0.2) is 0 Å². The number of aliphatic carboxylic acids is 1. The smallest absolute Gasteiger partial charge is 0.323 e. The molecule has 1 aromatic rings. The summed E-state index contributed by atoms with van der Waals surface area (Å²) < 4.78 is 0. The van der Waals surface area contributed by atoms with Gasteiger partial charge < -0.3 is 15.3 Å². The summed E-state index contributed by atoms with van der Waals surface area (Å²) >= 11 is 0. The van der Waals surface area contributed by atoms with E-state index in [1.807, 2.05) is 6.92 Å². The standard InChI is InChI=1S/C16H24N2O2/c1-3-17-16(2,15(19)20)10-12-18-11-6-8-13-7-4-5-9-14(13)18/h4-5,7,9,17H,3,6,8,10-12H2,1-2H3,(H,19,20). The maximum absolute atomic E-state index is 11.4. The third-order valence-corrected chi connectivity index (χ3v) is 4.13. The Kier molecular flexibility index (Phi) is 4.65. The van der Waals surface area contributed by atoms with Gasteiger partial charge in [-0.25, -0.2) is 0 Å². The molecule has 4 heteroatoms. The normalized spacial score (nSPS) is 17.4. The van der Waals surface area contributed by atoms with Crippen LogP contribution < -0.4 is 10.2 Å². The van der Waals surface area contributed by atoms with E-state index in [0.29, 0.717) is 13.0 Å². The number of carbonyl (C=O) groups is 1. The molecule has 0 spiro atoms. The Morgan fingerprint density at radius 1 is 1.45 bits per heavy atom. The Morgan fingerprint density at radius 3 is 2.90 bits per heavy atom. The Labute approximate surface area is 120 Å². The van der Waals surface area contributed by atoms with E-state index in [-0.39, 0.29) is 0 Å². The van der Waals surface area contributed by atoms with Gasteiger partial charge in [-0.3, -0.25) is 4.79 Å². The van der Waals surface area contributed by atoms with Crippen LogP contribution >= 0.6 is 0 Å². The van der Waals surface area contributed by atoms with Crippen molar-refractivity contribution in [3.63, 3.8) is 0 Å².